The maximum absolute atomic E-state index is 8.92. The van der Waals surface area contributed by atoms with Crippen molar-refractivity contribution in [3.05, 3.63) is 12.3 Å². The largest absolute Gasteiger partial charge is 0.395 e. The summed E-state index contributed by atoms with van der Waals surface area (Å²) in [6.45, 7) is 0.697. The predicted octanol–water partition coefficient (Wildman–Crippen LogP) is 0.0199. The highest BCUT2D eigenvalue weighted by atomic mass is 16.3. The lowest BCUT2D eigenvalue weighted by atomic mass is 10.5. The maximum Gasteiger partial charge on any atom is 0.227 e. The summed E-state index contributed by atoms with van der Waals surface area (Å²) in [5, 5.41) is 8.92. The molecule has 14 heavy (non-hydrogen) atoms. The van der Waals surface area contributed by atoms with Gasteiger partial charge in [0, 0.05) is 18.8 Å². The van der Waals surface area contributed by atoms with Crippen LogP contribution in [-0.2, 0) is 0 Å². The molecule has 0 amide bonds. The molecule has 0 radical (unpaired) electrons. The van der Waals surface area contributed by atoms with E-state index in [1.165, 1.54) is 0 Å². The lowest BCUT2D eigenvalue weighted by Gasteiger charge is -2.20. The van der Waals surface area contributed by atoms with Crippen molar-refractivity contribution in [3.8, 4) is 0 Å². The monoisotopic (exact) mass is 194 g/mol. The zero-order valence-electron chi connectivity index (χ0n) is 7.93. The van der Waals surface area contributed by atoms with Gasteiger partial charge in [-0.05, 0) is 18.9 Å². The smallest absolute Gasteiger partial charge is 0.227 e. The molecule has 1 aliphatic rings. The fourth-order valence-corrected chi connectivity index (χ4v) is 1.44. The third-order valence-electron chi connectivity index (χ3n) is 2.25. The van der Waals surface area contributed by atoms with E-state index in [0.717, 1.165) is 12.8 Å². The number of nitrogens with two attached hydrogens (primary N) is 1. The molecule has 0 aromatic carbocycles. The molecule has 5 nitrogen and oxygen atoms in total. The van der Waals surface area contributed by atoms with Crippen LogP contribution in [0.1, 0.15) is 12.8 Å². The highest BCUT2D eigenvalue weighted by Gasteiger charge is 2.30. The predicted molar refractivity (Wildman–Crippen MR) is 53.9 cm³/mol. The van der Waals surface area contributed by atoms with Crippen molar-refractivity contribution in [2.45, 2.75) is 18.9 Å². The first-order valence-electron chi connectivity index (χ1n) is 4.77. The molecular formula is C9H14N4O. The molecule has 0 unspecified atom stereocenters. The fourth-order valence-electron chi connectivity index (χ4n) is 1.44. The Morgan fingerprint density at radius 1 is 1.57 bits per heavy atom. The Morgan fingerprint density at radius 3 is 2.93 bits per heavy atom. The molecule has 0 atom stereocenters. The molecule has 1 aliphatic carbocycles. The van der Waals surface area contributed by atoms with Crippen molar-refractivity contribution in [3.63, 3.8) is 0 Å². The van der Waals surface area contributed by atoms with Gasteiger partial charge in [-0.2, -0.15) is 4.98 Å². The van der Waals surface area contributed by atoms with E-state index in [1.807, 2.05) is 4.90 Å². The van der Waals surface area contributed by atoms with Gasteiger partial charge in [-0.15, -0.1) is 0 Å². The van der Waals surface area contributed by atoms with E-state index in [1.54, 1.807) is 12.3 Å². The zero-order chi connectivity index (χ0) is 9.97. The van der Waals surface area contributed by atoms with Gasteiger partial charge in [0.15, 0.2) is 0 Å². The Labute approximate surface area is 82.6 Å². The Bertz CT molecular complexity index is 313. The van der Waals surface area contributed by atoms with Gasteiger partial charge >= 0.3 is 0 Å². The van der Waals surface area contributed by atoms with Crippen molar-refractivity contribution in [2.75, 3.05) is 23.8 Å². The third kappa shape index (κ3) is 1.93. The van der Waals surface area contributed by atoms with Crippen molar-refractivity contribution in [1.29, 1.82) is 0 Å². The molecule has 1 fully saturated rings. The highest BCUT2D eigenvalue weighted by molar-refractivity contribution is 5.39. The second-order valence-electron chi connectivity index (χ2n) is 3.43. The summed E-state index contributed by atoms with van der Waals surface area (Å²) in [5.74, 6) is 1.10. The molecule has 2 rings (SSSR count). The van der Waals surface area contributed by atoms with Gasteiger partial charge in [-0.25, -0.2) is 4.98 Å². The Balaban J connectivity index is 2.16. The molecule has 0 spiro atoms. The molecule has 1 aromatic heterocycles. The van der Waals surface area contributed by atoms with Crippen LogP contribution in [0.2, 0.25) is 0 Å². The van der Waals surface area contributed by atoms with E-state index in [9.17, 15) is 0 Å². The number of aromatic nitrogens is 2. The van der Waals surface area contributed by atoms with Gasteiger partial charge in [0.25, 0.3) is 0 Å². The number of hydrogen-bond donors (Lipinski definition) is 2. The summed E-state index contributed by atoms with van der Waals surface area (Å²) >= 11 is 0. The second kappa shape index (κ2) is 3.79. The SMILES string of the molecule is Nc1ccnc(N(CCO)C2CC2)n1. The number of rotatable bonds is 4. The lowest BCUT2D eigenvalue weighted by molar-refractivity contribution is 0.300. The normalized spacial score (nSPS) is 15.5. The number of aliphatic hydroxyl groups excluding tert-OH is 1. The van der Waals surface area contributed by atoms with Crippen molar-refractivity contribution < 1.29 is 5.11 Å². The first-order valence-corrected chi connectivity index (χ1v) is 4.77. The quantitative estimate of drug-likeness (QED) is 0.706. The van der Waals surface area contributed by atoms with Gasteiger partial charge in [0.05, 0.1) is 6.61 Å². The molecule has 1 saturated carbocycles. The van der Waals surface area contributed by atoms with Gasteiger partial charge < -0.3 is 15.7 Å². The third-order valence-corrected chi connectivity index (χ3v) is 2.25. The maximum atomic E-state index is 8.92. The minimum absolute atomic E-state index is 0.120. The van der Waals surface area contributed by atoms with Gasteiger partial charge in [-0.1, -0.05) is 0 Å². The number of nitrogen functional groups attached to an aromatic ring is 1. The Hall–Kier alpha value is -1.36. The van der Waals surface area contributed by atoms with Crippen molar-refractivity contribution in [2.24, 2.45) is 0 Å². The van der Waals surface area contributed by atoms with Crippen LogP contribution in [0.3, 0.4) is 0 Å². The minimum atomic E-state index is 0.120. The summed E-state index contributed by atoms with van der Waals surface area (Å²) < 4.78 is 0. The summed E-state index contributed by atoms with van der Waals surface area (Å²) in [5.41, 5.74) is 5.57. The van der Waals surface area contributed by atoms with E-state index in [2.05, 4.69) is 9.97 Å². The topological polar surface area (TPSA) is 75.3 Å². The molecular weight excluding hydrogens is 180 g/mol. The van der Waals surface area contributed by atoms with E-state index < -0.39 is 0 Å². The number of aliphatic hydroxyl groups is 1. The Kier molecular flexibility index (Phi) is 2.49. The molecule has 1 heterocycles. The zero-order valence-corrected chi connectivity index (χ0v) is 7.93. The summed E-state index contributed by atoms with van der Waals surface area (Å²) in [4.78, 5) is 10.3. The summed E-state index contributed by atoms with van der Waals surface area (Å²) in [6.07, 6.45) is 3.95. The van der Waals surface area contributed by atoms with Crippen LogP contribution in [0.4, 0.5) is 11.8 Å². The fraction of sp³-hybridized carbons (Fsp3) is 0.556. The van der Waals surface area contributed by atoms with Gasteiger partial charge in [-0.3, -0.25) is 0 Å². The summed E-state index contributed by atoms with van der Waals surface area (Å²) in [6, 6.07) is 2.15. The minimum Gasteiger partial charge on any atom is -0.395 e. The van der Waals surface area contributed by atoms with Crippen LogP contribution in [-0.4, -0.2) is 34.3 Å². The molecule has 76 valence electrons. The Morgan fingerprint density at radius 2 is 2.36 bits per heavy atom. The van der Waals surface area contributed by atoms with Gasteiger partial charge in [0.2, 0.25) is 5.95 Å². The highest BCUT2D eigenvalue weighted by Crippen LogP contribution is 2.29. The van der Waals surface area contributed by atoms with E-state index in [0.29, 0.717) is 24.4 Å². The molecule has 0 bridgehead atoms. The van der Waals surface area contributed by atoms with E-state index in [4.69, 9.17) is 10.8 Å². The molecule has 3 N–H and O–H groups in total. The summed E-state index contributed by atoms with van der Waals surface area (Å²) in [7, 11) is 0. The van der Waals surface area contributed by atoms with Crippen molar-refractivity contribution >= 4 is 11.8 Å². The first-order chi connectivity index (χ1) is 6.81. The second-order valence-corrected chi connectivity index (χ2v) is 3.43. The van der Waals surface area contributed by atoms with Crippen LogP contribution >= 0.6 is 0 Å². The van der Waals surface area contributed by atoms with Crippen LogP contribution in [0, 0.1) is 0 Å². The van der Waals surface area contributed by atoms with Crippen molar-refractivity contribution in [1.82, 2.24) is 9.97 Å². The first kappa shape index (κ1) is 9.21. The van der Waals surface area contributed by atoms with Crippen LogP contribution in [0.25, 0.3) is 0 Å². The average molecular weight is 194 g/mol. The lowest BCUT2D eigenvalue weighted by Crippen LogP contribution is -2.30. The van der Waals surface area contributed by atoms with E-state index in [-0.39, 0.29) is 6.61 Å². The number of nitrogens with zero attached hydrogens (tertiary/aromatic N) is 3. The number of hydrogen-bond acceptors (Lipinski definition) is 5. The molecule has 5 heteroatoms. The molecule has 0 aliphatic heterocycles. The average Bonchev–Trinajstić information content (AvgIpc) is 2.97. The van der Waals surface area contributed by atoms with Gasteiger partial charge in [0.1, 0.15) is 5.82 Å². The number of anilines is 2. The standard InChI is InChI=1S/C9H14N4O/c10-8-3-4-11-9(12-8)13(5-6-14)7-1-2-7/h3-4,7,14H,1-2,5-6H2,(H2,10,11,12). The van der Waals surface area contributed by atoms with E-state index >= 15 is 0 Å². The van der Waals surface area contributed by atoms with Crippen LogP contribution in [0.5, 0.6) is 0 Å². The molecule has 0 saturated heterocycles. The van der Waals surface area contributed by atoms with Crippen LogP contribution < -0.4 is 10.6 Å². The van der Waals surface area contributed by atoms with Crippen LogP contribution in [0.15, 0.2) is 12.3 Å². The molecule has 1 aromatic rings.